The van der Waals surface area contributed by atoms with E-state index < -0.39 is 9.84 Å². The fourth-order valence-electron chi connectivity index (χ4n) is 7.87. The Balaban J connectivity index is 1.14. The number of nitrogens with zero attached hydrogens (tertiary/aromatic N) is 2. The number of para-hydroxylation sites is 3. The highest BCUT2D eigenvalue weighted by Crippen LogP contribution is 2.52. The van der Waals surface area contributed by atoms with Gasteiger partial charge in [-0.15, -0.1) is 0 Å². The van der Waals surface area contributed by atoms with E-state index in [1.165, 1.54) is 28.0 Å². The lowest BCUT2D eigenvalue weighted by atomic mass is 9.71. The summed E-state index contributed by atoms with van der Waals surface area (Å²) in [6.45, 7) is 9.10. The Hall–Kier alpha value is -4.87. The summed E-state index contributed by atoms with van der Waals surface area (Å²) >= 11 is 0. The molecule has 0 amide bonds. The van der Waals surface area contributed by atoms with E-state index >= 15 is 0 Å². The third kappa shape index (κ3) is 4.44. The van der Waals surface area contributed by atoms with E-state index in [9.17, 15) is 8.42 Å². The molecule has 2 aliphatic heterocycles. The van der Waals surface area contributed by atoms with Gasteiger partial charge >= 0.3 is 0 Å². The van der Waals surface area contributed by atoms with Crippen LogP contribution in [0.25, 0.3) is 0 Å². The minimum atomic E-state index is -3.74. The van der Waals surface area contributed by atoms with E-state index in [1.54, 1.807) is 24.3 Å². The molecule has 0 N–H and O–H groups in total. The first-order valence-electron chi connectivity index (χ1n) is 16.3. The van der Waals surface area contributed by atoms with Crippen molar-refractivity contribution in [3.05, 3.63) is 161 Å². The molecular weight excluding hydrogens is 597 g/mol. The summed E-state index contributed by atoms with van der Waals surface area (Å²) in [5.41, 5.74) is 11.3. The summed E-state index contributed by atoms with van der Waals surface area (Å²) in [4.78, 5) is 5.12. The lowest BCUT2D eigenvalue weighted by molar-refractivity contribution is 0.596. The highest BCUT2D eigenvalue weighted by molar-refractivity contribution is 7.91. The lowest BCUT2D eigenvalue weighted by Crippen LogP contribution is -2.34. The summed E-state index contributed by atoms with van der Waals surface area (Å²) < 4.78 is 27.9. The molecule has 4 nitrogen and oxygen atoms in total. The van der Waals surface area contributed by atoms with Crippen molar-refractivity contribution in [2.75, 3.05) is 9.80 Å². The number of rotatable bonds is 4. The predicted octanol–water partition coefficient (Wildman–Crippen LogP) is 10.7. The van der Waals surface area contributed by atoms with Crippen LogP contribution < -0.4 is 9.80 Å². The second kappa shape index (κ2) is 10.6. The van der Waals surface area contributed by atoms with E-state index in [4.69, 9.17) is 0 Å². The molecule has 2 heterocycles. The molecule has 0 bridgehead atoms. The molecule has 0 unspecified atom stereocenters. The largest absolute Gasteiger partial charge is 0.314 e. The number of fused-ring (bicyclic) bond motifs is 3. The van der Waals surface area contributed by atoms with Crippen LogP contribution in [0.5, 0.6) is 0 Å². The van der Waals surface area contributed by atoms with Gasteiger partial charge in [0, 0.05) is 33.6 Å². The first kappa shape index (κ1) is 29.5. The first-order valence-corrected chi connectivity index (χ1v) is 17.8. The molecule has 0 radical (unpaired) electrons. The topological polar surface area (TPSA) is 40.6 Å². The van der Waals surface area contributed by atoms with Gasteiger partial charge in [-0.3, -0.25) is 0 Å². The molecule has 0 saturated carbocycles. The van der Waals surface area contributed by atoms with Crippen molar-refractivity contribution in [2.24, 2.45) is 0 Å². The van der Waals surface area contributed by atoms with Gasteiger partial charge in [0.2, 0.25) is 9.84 Å². The molecule has 0 atom stereocenters. The van der Waals surface area contributed by atoms with Gasteiger partial charge < -0.3 is 9.80 Å². The molecule has 0 spiro atoms. The number of hydrogen-bond donors (Lipinski definition) is 0. The van der Waals surface area contributed by atoms with Gasteiger partial charge in [0.05, 0.1) is 21.2 Å². The number of hydrogen-bond acceptors (Lipinski definition) is 4. The van der Waals surface area contributed by atoms with Gasteiger partial charge in [0.1, 0.15) is 0 Å². The van der Waals surface area contributed by atoms with Crippen molar-refractivity contribution in [1.29, 1.82) is 0 Å². The molecule has 1 aliphatic carbocycles. The number of benzene rings is 5. The minimum absolute atomic E-state index is 0.108. The third-order valence-electron chi connectivity index (χ3n) is 10.4. The standard InChI is InChI=1S/C42H38N2O2S/c1-41(2)33-13-5-9-17-37(33)43(38-18-10-6-14-34(38)41)29-21-25-31(26-22-29)47(45,46)32-27-23-30(24-28-32)44-39-19-11-7-15-35(39)42(3,4)36-16-8-12-20-40(36)44/h5-11,13-19,21-28H,12,20H2,1-4H3. The minimum Gasteiger partial charge on any atom is -0.314 e. The van der Waals surface area contributed by atoms with Crippen molar-refractivity contribution >= 4 is 38.3 Å². The van der Waals surface area contributed by atoms with Crippen LogP contribution in [-0.2, 0) is 20.7 Å². The maximum atomic E-state index is 14.0. The van der Waals surface area contributed by atoms with Crippen LogP contribution in [-0.4, -0.2) is 8.42 Å². The van der Waals surface area contributed by atoms with Crippen LogP contribution in [0.3, 0.4) is 0 Å². The molecule has 234 valence electrons. The Morgan fingerprint density at radius 1 is 0.532 bits per heavy atom. The zero-order chi connectivity index (χ0) is 32.6. The summed E-state index contributed by atoms with van der Waals surface area (Å²) in [5.74, 6) is 0. The van der Waals surface area contributed by atoms with Crippen molar-refractivity contribution in [2.45, 2.75) is 61.2 Å². The quantitative estimate of drug-likeness (QED) is 0.197. The summed E-state index contributed by atoms with van der Waals surface area (Å²) in [7, 11) is -3.74. The zero-order valence-electron chi connectivity index (χ0n) is 27.2. The number of sulfone groups is 1. The van der Waals surface area contributed by atoms with Crippen molar-refractivity contribution in [3.8, 4) is 0 Å². The van der Waals surface area contributed by atoms with Crippen molar-refractivity contribution < 1.29 is 8.42 Å². The van der Waals surface area contributed by atoms with Gasteiger partial charge in [0.15, 0.2) is 0 Å². The van der Waals surface area contributed by atoms with Crippen molar-refractivity contribution in [3.63, 3.8) is 0 Å². The predicted molar refractivity (Wildman–Crippen MR) is 192 cm³/mol. The van der Waals surface area contributed by atoms with Gasteiger partial charge in [-0.2, -0.15) is 0 Å². The lowest BCUT2D eigenvalue weighted by Gasteiger charge is -2.44. The summed E-state index contributed by atoms with van der Waals surface area (Å²) in [5, 5.41) is 0. The second-order valence-corrected chi connectivity index (χ2v) is 15.7. The smallest absolute Gasteiger partial charge is 0.206 e. The number of anilines is 5. The molecule has 5 aromatic carbocycles. The SMILES string of the molecule is CC1(C)C2=C(CCC=C2)N(c2ccc(S(=O)(=O)c3ccc(N4c5ccccc5C(C)(C)c5ccccc54)cc3)cc2)c2ccccc21. The van der Waals surface area contributed by atoms with E-state index in [1.807, 2.05) is 24.3 Å². The molecule has 3 aliphatic rings. The molecule has 0 fully saturated rings. The highest BCUT2D eigenvalue weighted by atomic mass is 32.2. The van der Waals surface area contributed by atoms with Crippen LogP contribution in [0.2, 0.25) is 0 Å². The van der Waals surface area contributed by atoms with Crippen molar-refractivity contribution in [1.82, 2.24) is 0 Å². The fourth-order valence-corrected chi connectivity index (χ4v) is 9.13. The van der Waals surface area contributed by atoms with E-state index in [-0.39, 0.29) is 20.6 Å². The fraction of sp³-hybridized carbons (Fsp3) is 0.190. The van der Waals surface area contributed by atoms with Gasteiger partial charge in [-0.1, -0.05) is 94.4 Å². The monoisotopic (exact) mass is 634 g/mol. The average molecular weight is 635 g/mol. The molecule has 8 rings (SSSR count). The molecular formula is C42H38N2O2S. The first-order chi connectivity index (χ1) is 22.6. The Kier molecular flexibility index (Phi) is 6.65. The van der Waals surface area contributed by atoms with E-state index in [0.29, 0.717) is 0 Å². The molecule has 0 aromatic heterocycles. The average Bonchev–Trinajstić information content (AvgIpc) is 3.09. The van der Waals surface area contributed by atoms with Gasteiger partial charge in [-0.25, -0.2) is 8.42 Å². The summed E-state index contributed by atoms with van der Waals surface area (Å²) in [6.07, 6.45) is 6.46. The maximum absolute atomic E-state index is 14.0. The Morgan fingerprint density at radius 2 is 0.957 bits per heavy atom. The normalized spacial score (nSPS) is 17.4. The van der Waals surface area contributed by atoms with Crippen LogP contribution in [0.15, 0.2) is 155 Å². The Labute approximate surface area is 278 Å². The van der Waals surface area contributed by atoms with Gasteiger partial charge in [0.25, 0.3) is 0 Å². The molecule has 0 saturated heterocycles. The molecule has 5 aromatic rings. The third-order valence-corrected chi connectivity index (χ3v) is 12.1. The Morgan fingerprint density at radius 3 is 1.47 bits per heavy atom. The number of allylic oxidation sites excluding steroid dienone is 4. The van der Waals surface area contributed by atoms with Crippen LogP contribution in [0.1, 0.15) is 57.2 Å². The van der Waals surface area contributed by atoms with Crippen LogP contribution in [0.4, 0.5) is 28.4 Å². The van der Waals surface area contributed by atoms with E-state index in [2.05, 4.69) is 122 Å². The molecule has 47 heavy (non-hydrogen) atoms. The van der Waals surface area contributed by atoms with Crippen LogP contribution in [0, 0.1) is 0 Å². The molecule has 5 heteroatoms. The van der Waals surface area contributed by atoms with Gasteiger partial charge in [-0.05, 0) is 102 Å². The second-order valence-electron chi connectivity index (χ2n) is 13.8. The maximum Gasteiger partial charge on any atom is 0.206 e. The van der Waals surface area contributed by atoms with E-state index in [0.717, 1.165) is 41.3 Å². The Bertz CT molecular complexity index is 2160. The summed E-state index contributed by atoms with van der Waals surface area (Å²) in [6, 6.07) is 40.2. The highest BCUT2D eigenvalue weighted by Gasteiger charge is 2.39. The van der Waals surface area contributed by atoms with Crippen LogP contribution >= 0.6 is 0 Å². The zero-order valence-corrected chi connectivity index (χ0v) is 28.1.